The summed E-state index contributed by atoms with van der Waals surface area (Å²) >= 11 is 0. The molecule has 1 nitrogen and oxygen atoms in total. The SMILES string of the molecule is CCC=CC(CCCCC)O[Si](C)(C)C. The molecular formula is C13H28OSi. The molecule has 0 bridgehead atoms. The second-order valence-electron chi connectivity index (χ2n) is 5.10. The minimum Gasteiger partial charge on any atom is -0.411 e. The second-order valence-corrected chi connectivity index (χ2v) is 9.56. The summed E-state index contributed by atoms with van der Waals surface area (Å²) < 4.78 is 6.14. The van der Waals surface area contributed by atoms with Gasteiger partial charge in [-0.05, 0) is 32.5 Å². The molecule has 0 aliphatic heterocycles. The van der Waals surface area contributed by atoms with Gasteiger partial charge in [-0.25, -0.2) is 0 Å². The zero-order valence-corrected chi connectivity index (χ0v) is 12.2. The molecule has 1 unspecified atom stereocenters. The Hall–Kier alpha value is -0.0831. The number of unbranched alkanes of at least 4 members (excludes halogenated alkanes) is 2. The fourth-order valence-corrected chi connectivity index (χ4v) is 2.64. The first-order valence-electron chi connectivity index (χ1n) is 6.34. The van der Waals surface area contributed by atoms with Gasteiger partial charge in [0.2, 0.25) is 0 Å². The molecule has 0 aromatic carbocycles. The van der Waals surface area contributed by atoms with E-state index in [1.165, 1.54) is 25.7 Å². The van der Waals surface area contributed by atoms with E-state index in [-0.39, 0.29) is 0 Å². The van der Waals surface area contributed by atoms with Crippen molar-refractivity contribution in [3.8, 4) is 0 Å². The van der Waals surface area contributed by atoms with Gasteiger partial charge in [-0.3, -0.25) is 0 Å². The third-order valence-electron chi connectivity index (χ3n) is 2.18. The largest absolute Gasteiger partial charge is 0.411 e. The number of rotatable bonds is 8. The van der Waals surface area contributed by atoms with E-state index in [4.69, 9.17) is 4.43 Å². The van der Waals surface area contributed by atoms with Crippen molar-refractivity contribution >= 4 is 8.32 Å². The van der Waals surface area contributed by atoms with Crippen molar-refractivity contribution in [1.29, 1.82) is 0 Å². The molecule has 0 amide bonds. The van der Waals surface area contributed by atoms with Crippen molar-refractivity contribution in [2.75, 3.05) is 0 Å². The van der Waals surface area contributed by atoms with Crippen LogP contribution in [0, 0.1) is 0 Å². The summed E-state index contributed by atoms with van der Waals surface area (Å²) in [7, 11) is -1.38. The van der Waals surface area contributed by atoms with E-state index in [0.717, 1.165) is 6.42 Å². The third kappa shape index (κ3) is 10.2. The number of allylic oxidation sites excluding steroid dienone is 1. The highest BCUT2D eigenvalue weighted by molar-refractivity contribution is 6.69. The van der Waals surface area contributed by atoms with Crippen molar-refractivity contribution < 1.29 is 4.43 Å². The van der Waals surface area contributed by atoms with Crippen molar-refractivity contribution in [3.05, 3.63) is 12.2 Å². The summed E-state index contributed by atoms with van der Waals surface area (Å²) in [6, 6.07) is 0. The van der Waals surface area contributed by atoms with Crippen LogP contribution in [0.3, 0.4) is 0 Å². The van der Waals surface area contributed by atoms with Crippen LogP contribution >= 0.6 is 0 Å². The highest BCUT2D eigenvalue weighted by Crippen LogP contribution is 2.14. The summed E-state index contributed by atoms with van der Waals surface area (Å²) in [4.78, 5) is 0. The van der Waals surface area contributed by atoms with Gasteiger partial charge in [-0.15, -0.1) is 0 Å². The maximum atomic E-state index is 6.14. The van der Waals surface area contributed by atoms with Crippen molar-refractivity contribution in [1.82, 2.24) is 0 Å². The monoisotopic (exact) mass is 228 g/mol. The third-order valence-corrected chi connectivity index (χ3v) is 3.19. The van der Waals surface area contributed by atoms with E-state index in [9.17, 15) is 0 Å². The summed E-state index contributed by atoms with van der Waals surface area (Å²) in [6.07, 6.45) is 11.1. The highest BCUT2D eigenvalue weighted by Gasteiger charge is 2.18. The van der Waals surface area contributed by atoms with E-state index < -0.39 is 8.32 Å². The van der Waals surface area contributed by atoms with E-state index in [0.29, 0.717) is 6.10 Å². The molecule has 15 heavy (non-hydrogen) atoms. The van der Waals surface area contributed by atoms with Gasteiger partial charge in [0.15, 0.2) is 8.32 Å². The molecule has 0 rings (SSSR count). The Bertz CT molecular complexity index is 170. The molecule has 0 heterocycles. The Labute approximate surface area is 97.0 Å². The smallest absolute Gasteiger partial charge is 0.184 e. The summed E-state index contributed by atoms with van der Waals surface area (Å²) in [5.41, 5.74) is 0. The molecular weight excluding hydrogens is 200 g/mol. The molecule has 0 aliphatic rings. The van der Waals surface area contributed by atoms with Gasteiger partial charge in [0.25, 0.3) is 0 Å². The summed E-state index contributed by atoms with van der Waals surface area (Å²) in [6.45, 7) is 11.2. The predicted molar refractivity (Wildman–Crippen MR) is 71.8 cm³/mol. The van der Waals surface area contributed by atoms with Gasteiger partial charge in [0.1, 0.15) is 0 Å². The molecule has 90 valence electrons. The van der Waals surface area contributed by atoms with E-state index in [1.807, 2.05) is 0 Å². The number of hydrogen-bond acceptors (Lipinski definition) is 1. The highest BCUT2D eigenvalue weighted by atomic mass is 28.4. The van der Waals surface area contributed by atoms with Crippen LogP contribution in [0.1, 0.15) is 46.0 Å². The van der Waals surface area contributed by atoms with Gasteiger partial charge < -0.3 is 4.43 Å². The zero-order chi connectivity index (χ0) is 11.7. The van der Waals surface area contributed by atoms with E-state index >= 15 is 0 Å². The predicted octanol–water partition coefficient (Wildman–Crippen LogP) is 4.75. The van der Waals surface area contributed by atoms with Crippen LogP contribution in [0.4, 0.5) is 0 Å². The van der Waals surface area contributed by atoms with Crippen LogP contribution in [-0.2, 0) is 4.43 Å². The summed E-state index contributed by atoms with van der Waals surface area (Å²) in [5.74, 6) is 0. The molecule has 1 atom stereocenters. The molecule has 2 heteroatoms. The molecule has 0 fully saturated rings. The quantitative estimate of drug-likeness (QED) is 0.331. The first-order valence-corrected chi connectivity index (χ1v) is 9.75. The summed E-state index contributed by atoms with van der Waals surface area (Å²) in [5, 5.41) is 0. The lowest BCUT2D eigenvalue weighted by Gasteiger charge is -2.24. The normalized spacial score (nSPS) is 14.7. The fourth-order valence-electron chi connectivity index (χ4n) is 1.53. The second kappa shape index (κ2) is 8.11. The van der Waals surface area contributed by atoms with Gasteiger partial charge in [-0.1, -0.05) is 45.3 Å². The van der Waals surface area contributed by atoms with Gasteiger partial charge in [0.05, 0.1) is 6.10 Å². The molecule has 0 spiro atoms. The van der Waals surface area contributed by atoms with Gasteiger partial charge >= 0.3 is 0 Å². The number of hydrogen-bond donors (Lipinski definition) is 0. The van der Waals surface area contributed by atoms with Crippen molar-refractivity contribution in [2.45, 2.75) is 71.7 Å². The fraction of sp³-hybridized carbons (Fsp3) is 0.846. The maximum absolute atomic E-state index is 6.14. The minimum absolute atomic E-state index is 0.364. The average molecular weight is 228 g/mol. The van der Waals surface area contributed by atoms with Crippen molar-refractivity contribution in [3.63, 3.8) is 0 Å². The van der Waals surface area contributed by atoms with Crippen LogP contribution < -0.4 is 0 Å². The maximum Gasteiger partial charge on any atom is 0.184 e. The van der Waals surface area contributed by atoms with Gasteiger partial charge in [-0.2, -0.15) is 0 Å². The Morgan fingerprint density at radius 2 is 1.80 bits per heavy atom. The Morgan fingerprint density at radius 3 is 2.27 bits per heavy atom. The lowest BCUT2D eigenvalue weighted by Crippen LogP contribution is -2.31. The molecule has 0 aliphatic carbocycles. The van der Waals surface area contributed by atoms with Gasteiger partial charge in [0, 0.05) is 0 Å². The molecule has 0 saturated carbocycles. The standard InChI is InChI=1S/C13H28OSi/c1-6-8-10-12-13(11-9-7-2)14-15(3,4)5/h9,11,13H,6-8,10,12H2,1-5H3. The molecule has 0 radical (unpaired) electrons. The zero-order valence-electron chi connectivity index (χ0n) is 11.2. The Balaban J connectivity index is 4.01. The Kier molecular flexibility index (Phi) is 8.07. The van der Waals surface area contributed by atoms with Crippen molar-refractivity contribution in [2.24, 2.45) is 0 Å². The van der Waals surface area contributed by atoms with Crippen LogP contribution in [0.5, 0.6) is 0 Å². The lowest BCUT2D eigenvalue weighted by molar-refractivity contribution is 0.226. The van der Waals surface area contributed by atoms with E-state index in [1.54, 1.807) is 0 Å². The molecule has 0 aromatic heterocycles. The molecule has 0 saturated heterocycles. The first kappa shape index (κ1) is 14.9. The van der Waals surface area contributed by atoms with E-state index in [2.05, 4.69) is 45.6 Å². The Morgan fingerprint density at radius 1 is 1.13 bits per heavy atom. The minimum atomic E-state index is -1.38. The van der Waals surface area contributed by atoms with Crippen LogP contribution in [0.15, 0.2) is 12.2 Å². The van der Waals surface area contributed by atoms with Crippen LogP contribution in [-0.4, -0.2) is 14.4 Å². The topological polar surface area (TPSA) is 9.23 Å². The molecule has 0 N–H and O–H groups in total. The average Bonchev–Trinajstić information content (AvgIpc) is 2.12. The molecule has 0 aromatic rings. The van der Waals surface area contributed by atoms with Crippen LogP contribution in [0.25, 0.3) is 0 Å². The lowest BCUT2D eigenvalue weighted by atomic mass is 10.1. The first-order chi connectivity index (χ1) is 6.99. The van der Waals surface area contributed by atoms with Crippen LogP contribution in [0.2, 0.25) is 19.6 Å².